The van der Waals surface area contributed by atoms with Gasteiger partial charge in [-0.15, -0.1) is 10.2 Å². The van der Waals surface area contributed by atoms with Gasteiger partial charge in [0.1, 0.15) is 0 Å². The molecule has 4 rings (SSSR count). The number of carbonyl (C=O) groups is 1. The summed E-state index contributed by atoms with van der Waals surface area (Å²) in [7, 11) is 0. The first-order chi connectivity index (χ1) is 15.1. The van der Waals surface area contributed by atoms with Gasteiger partial charge in [0.05, 0.1) is 11.8 Å². The van der Waals surface area contributed by atoms with Gasteiger partial charge in [0, 0.05) is 11.7 Å². The molecule has 1 aromatic carbocycles. The van der Waals surface area contributed by atoms with Gasteiger partial charge in [0.2, 0.25) is 5.91 Å². The van der Waals surface area contributed by atoms with Crippen molar-refractivity contribution >= 4 is 17.7 Å². The van der Waals surface area contributed by atoms with Crippen molar-refractivity contribution in [1.82, 2.24) is 25.0 Å². The van der Waals surface area contributed by atoms with Crippen LogP contribution in [0.15, 0.2) is 35.5 Å². The molecule has 1 aliphatic carbocycles. The van der Waals surface area contributed by atoms with E-state index < -0.39 is 0 Å². The largest absolute Gasteiger partial charge is 0.352 e. The van der Waals surface area contributed by atoms with Gasteiger partial charge in [0.15, 0.2) is 11.0 Å². The van der Waals surface area contributed by atoms with E-state index in [4.69, 9.17) is 0 Å². The minimum atomic E-state index is 0.0944. The zero-order valence-electron chi connectivity index (χ0n) is 18.8. The molecule has 31 heavy (non-hydrogen) atoms. The van der Waals surface area contributed by atoms with Crippen molar-refractivity contribution in [2.75, 3.05) is 18.8 Å². The highest BCUT2D eigenvalue weighted by Crippen LogP contribution is 2.29. The number of aromatic nitrogens is 3. The van der Waals surface area contributed by atoms with Crippen LogP contribution in [-0.4, -0.2) is 50.5 Å². The van der Waals surface area contributed by atoms with Gasteiger partial charge in [0.25, 0.3) is 0 Å². The molecule has 2 fully saturated rings. The molecule has 2 aromatic rings. The quantitative estimate of drug-likeness (QED) is 0.636. The van der Waals surface area contributed by atoms with Crippen LogP contribution in [0.4, 0.5) is 0 Å². The number of rotatable bonds is 7. The highest BCUT2D eigenvalue weighted by molar-refractivity contribution is 7.99. The molecule has 0 bridgehead atoms. The highest BCUT2D eigenvalue weighted by atomic mass is 32.2. The average molecular weight is 442 g/mol. The lowest BCUT2D eigenvalue weighted by atomic mass is 9.86. The summed E-state index contributed by atoms with van der Waals surface area (Å²) in [6.07, 6.45) is 8.58. The molecule has 1 saturated heterocycles. The molecule has 1 aromatic heterocycles. The maximum absolute atomic E-state index is 12.7. The van der Waals surface area contributed by atoms with Crippen molar-refractivity contribution in [3.63, 3.8) is 0 Å². The van der Waals surface area contributed by atoms with E-state index in [9.17, 15) is 4.79 Å². The van der Waals surface area contributed by atoms with E-state index in [1.54, 1.807) is 0 Å². The van der Waals surface area contributed by atoms with Crippen molar-refractivity contribution in [2.45, 2.75) is 76.0 Å². The third-order valence-corrected chi connectivity index (χ3v) is 7.70. The topological polar surface area (TPSA) is 63.1 Å². The molecule has 2 aliphatic rings. The normalized spacial score (nSPS) is 23.4. The van der Waals surface area contributed by atoms with Crippen LogP contribution in [-0.2, 0) is 4.79 Å². The Balaban J connectivity index is 1.49. The number of thioether (sulfide) groups is 1. The van der Waals surface area contributed by atoms with Crippen molar-refractivity contribution in [2.24, 2.45) is 5.92 Å². The lowest BCUT2D eigenvalue weighted by Crippen LogP contribution is -2.41. The maximum Gasteiger partial charge on any atom is 0.230 e. The molecule has 1 N–H and O–H groups in total. The summed E-state index contributed by atoms with van der Waals surface area (Å²) in [4.78, 5) is 15.2. The SMILES string of the molecule is C[C@@H]1CCCC[C@@H]1NC(=O)CSc1nnc([C@H](C)N2CCCCC2)n1-c1ccccc1. The van der Waals surface area contributed by atoms with E-state index in [-0.39, 0.29) is 11.9 Å². The van der Waals surface area contributed by atoms with Crippen LogP contribution in [0, 0.1) is 5.92 Å². The summed E-state index contributed by atoms with van der Waals surface area (Å²) in [5, 5.41) is 13.1. The van der Waals surface area contributed by atoms with Crippen molar-refractivity contribution in [3.05, 3.63) is 36.2 Å². The Morgan fingerprint density at radius 3 is 2.58 bits per heavy atom. The number of carbonyl (C=O) groups excluding carboxylic acids is 1. The minimum absolute atomic E-state index is 0.0944. The van der Waals surface area contributed by atoms with Crippen LogP contribution >= 0.6 is 11.8 Å². The Hall–Kier alpha value is -1.86. The van der Waals surface area contributed by atoms with Crippen molar-refractivity contribution < 1.29 is 4.79 Å². The van der Waals surface area contributed by atoms with Crippen LogP contribution in [0.25, 0.3) is 5.69 Å². The number of nitrogens with one attached hydrogen (secondary N) is 1. The molecular formula is C24H35N5OS. The predicted octanol–water partition coefficient (Wildman–Crippen LogP) is 4.60. The number of piperidine rings is 1. The van der Waals surface area contributed by atoms with Crippen LogP contribution in [0.2, 0.25) is 0 Å². The Labute approximate surface area is 190 Å². The zero-order chi connectivity index (χ0) is 21.6. The zero-order valence-corrected chi connectivity index (χ0v) is 19.6. The summed E-state index contributed by atoms with van der Waals surface area (Å²) >= 11 is 1.48. The predicted molar refractivity (Wildman–Crippen MR) is 125 cm³/mol. The van der Waals surface area contributed by atoms with E-state index >= 15 is 0 Å². The fourth-order valence-electron chi connectivity index (χ4n) is 4.84. The Bertz CT molecular complexity index is 849. The Kier molecular flexibility index (Phi) is 7.67. The van der Waals surface area contributed by atoms with Crippen molar-refractivity contribution in [1.29, 1.82) is 0 Å². The van der Waals surface area contributed by atoms with Gasteiger partial charge in [-0.2, -0.15) is 0 Å². The second-order valence-electron chi connectivity index (χ2n) is 9.01. The number of hydrogen-bond acceptors (Lipinski definition) is 5. The Morgan fingerprint density at radius 1 is 1.10 bits per heavy atom. The molecule has 1 saturated carbocycles. The van der Waals surface area contributed by atoms with E-state index in [2.05, 4.69) is 51.0 Å². The number of para-hydroxylation sites is 1. The molecular weight excluding hydrogens is 406 g/mol. The highest BCUT2D eigenvalue weighted by Gasteiger charge is 2.26. The molecule has 0 spiro atoms. The summed E-state index contributed by atoms with van der Waals surface area (Å²) in [5.41, 5.74) is 1.05. The first-order valence-corrected chi connectivity index (χ1v) is 12.8. The molecule has 168 valence electrons. The molecule has 1 amide bonds. The number of amides is 1. The van der Waals surface area contributed by atoms with E-state index in [1.165, 1.54) is 50.3 Å². The maximum atomic E-state index is 12.7. The number of hydrogen-bond donors (Lipinski definition) is 1. The van der Waals surface area contributed by atoms with Crippen LogP contribution in [0.1, 0.15) is 70.7 Å². The van der Waals surface area contributed by atoms with Gasteiger partial charge in [-0.25, -0.2) is 0 Å². The molecule has 3 atom stereocenters. The van der Waals surface area contributed by atoms with E-state index in [0.717, 1.165) is 36.2 Å². The van der Waals surface area contributed by atoms with Crippen LogP contribution in [0.3, 0.4) is 0 Å². The summed E-state index contributed by atoms with van der Waals surface area (Å²) < 4.78 is 2.14. The molecule has 0 radical (unpaired) electrons. The first kappa shape index (κ1) is 22.3. The standard InChI is InChI=1S/C24H35N5OS/c1-18-11-7-8-14-21(18)25-22(30)17-31-24-27-26-23(19(2)28-15-9-4-10-16-28)29(24)20-12-5-3-6-13-20/h3,5-6,12-13,18-19,21H,4,7-11,14-17H2,1-2H3,(H,25,30)/t18-,19+,21+/m1/s1. The minimum Gasteiger partial charge on any atom is -0.352 e. The number of likely N-dealkylation sites (tertiary alicyclic amines) is 1. The summed E-state index contributed by atoms with van der Waals surface area (Å²) in [6.45, 7) is 6.68. The molecule has 6 nitrogen and oxygen atoms in total. The number of nitrogens with zero attached hydrogens (tertiary/aromatic N) is 4. The molecule has 0 unspecified atom stereocenters. The Morgan fingerprint density at radius 2 is 1.84 bits per heavy atom. The fraction of sp³-hybridized carbons (Fsp3) is 0.625. The number of benzene rings is 1. The van der Waals surface area contributed by atoms with Gasteiger partial charge >= 0.3 is 0 Å². The second kappa shape index (κ2) is 10.6. The average Bonchev–Trinajstić information content (AvgIpc) is 3.24. The fourth-order valence-corrected chi connectivity index (χ4v) is 5.61. The van der Waals surface area contributed by atoms with E-state index in [1.807, 2.05) is 18.2 Å². The van der Waals surface area contributed by atoms with Gasteiger partial charge < -0.3 is 5.32 Å². The molecule has 1 aliphatic heterocycles. The smallest absolute Gasteiger partial charge is 0.230 e. The third kappa shape index (κ3) is 5.50. The summed E-state index contributed by atoms with van der Waals surface area (Å²) in [6, 6.07) is 10.8. The lowest BCUT2D eigenvalue weighted by molar-refractivity contribution is -0.119. The van der Waals surface area contributed by atoms with Crippen LogP contribution in [0.5, 0.6) is 0 Å². The first-order valence-electron chi connectivity index (χ1n) is 11.8. The van der Waals surface area contributed by atoms with Crippen LogP contribution < -0.4 is 5.32 Å². The lowest BCUT2D eigenvalue weighted by Gasteiger charge is -2.31. The molecule has 2 heterocycles. The van der Waals surface area contributed by atoms with Gasteiger partial charge in [-0.3, -0.25) is 14.3 Å². The monoisotopic (exact) mass is 441 g/mol. The van der Waals surface area contributed by atoms with Gasteiger partial charge in [-0.05, 0) is 63.7 Å². The summed E-state index contributed by atoms with van der Waals surface area (Å²) in [5.74, 6) is 1.98. The van der Waals surface area contributed by atoms with E-state index in [0.29, 0.717) is 17.7 Å². The van der Waals surface area contributed by atoms with Gasteiger partial charge in [-0.1, -0.05) is 56.1 Å². The van der Waals surface area contributed by atoms with Crippen molar-refractivity contribution in [3.8, 4) is 5.69 Å². The molecule has 7 heteroatoms. The second-order valence-corrected chi connectivity index (χ2v) is 9.95. The third-order valence-electron chi connectivity index (χ3n) is 6.78.